The molecule has 1 aliphatic rings. The van der Waals surface area contributed by atoms with Crippen molar-refractivity contribution in [1.82, 2.24) is 4.98 Å². The lowest BCUT2D eigenvalue weighted by Crippen LogP contribution is -2.02. The highest BCUT2D eigenvalue weighted by Gasteiger charge is 2.32. The summed E-state index contributed by atoms with van der Waals surface area (Å²) in [5, 5.41) is 31.4. The number of hydrogen-bond donors (Lipinski definition) is 4. The van der Waals surface area contributed by atoms with Crippen LogP contribution in [0.1, 0.15) is 34.1 Å². The van der Waals surface area contributed by atoms with Gasteiger partial charge in [-0.2, -0.15) is 0 Å². The lowest BCUT2D eigenvalue weighted by Gasteiger charge is -2.16. The predicted molar refractivity (Wildman–Crippen MR) is 137 cm³/mol. The Morgan fingerprint density at radius 3 is 2.32 bits per heavy atom. The van der Waals surface area contributed by atoms with E-state index in [0.717, 1.165) is 0 Å². The van der Waals surface area contributed by atoms with Gasteiger partial charge in [-0.05, 0) is 61.5 Å². The molecule has 0 radical (unpaired) electrons. The molecular formula is C27H23N3O6S. The third-order valence-electron chi connectivity index (χ3n) is 6.17. The van der Waals surface area contributed by atoms with Gasteiger partial charge in [0.15, 0.2) is 0 Å². The molecule has 37 heavy (non-hydrogen) atoms. The number of pyridine rings is 1. The quantitative estimate of drug-likeness (QED) is 0.226. The van der Waals surface area contributed by atoms with Crippen LogP contribution in [0.2, 0.25) is 0 Å². The third kappa shape index (κ3) is 4.48. The first-order chi connectivity index (χ1) is 17.6. The smallest absolute Gasteiger partial charge is 0.206 e. The minimum absolute atomic E-state index is 0.00305. The van der Waals surface area contributed by atoms with Crippen molar-refractivity contribution in [1.29, 1.82) is 0 Å². The first kappa shape index (κ1) is 24.3. The fraction of sp³-hybridized carbons (Fsp3) is 0.111. The van der Waals surface area contributed by atoms with Crippen molar-refractivity contribution in [3.63, 3.8) is 0 Å². The Labute approximate surface area is 213 Å². The number of anilines is 1. The van der Waals surface area contributed by atoms with Crippen LogP contribution in [0.25, 0.3) is 0 Å². The van der Waals surface area contributed by atoms with E-state index in [2.05, 4.69) is 9.98 Å². The molecule has 188 valence electrons. The molecule has 1 atom stereocenters. The highest BCUT2D eigenvalue weighted by atomic mass is 32.2. The number of aromatic nitrogens is 1. The molecule has 10 heteroatoms. The summed E-state index contributed by atoms with van der Waals surface area (Å²) in [6.07, 6.45) is 2.28. The first-order valence-electron chi connectivity index (χ1n) is 11.2. The summed E-state index contributed by atoms with van der Waals surface area (Å²) in [6, 6.07) is 14.7. The Morgan fingerprint density at radius 1 is 1.00 bits per heavy atom. The molecule has 1 aliphatic heterocycles. The molecule has 1 unspecified atom stereocenters. The molecule has 3 aromatic carbocycles. The summed E-state index contributed by atoms with van der Waals surface area (Å²) in [6.45, 7) is 1.89. The summed E-state index contributed by atoms with van der Waals surface area (Å²) in [5.74, 6) is -0.406. The van der Waals surface area contributed by atoms with Gasteiger partial charge in [-0.15, -0.1) is 0 Å². The zero-order valence-electron chi connectivity index (χ0n) is 19.7. The second-order valence-corrected chi connectivity index (χ2v) is 10.6. The fourth-order valence-electron chi connectivity index (χ4n) is 4.13. The van der Waals surface area contributed by atoms with Crippen molar-refractivity contribution < 1.29 is 28.5 Å². The number of phenols is 2. The van der Waals surface area contributed by atoms with Gasteiger partial charge in [-0.25, -0.2) is 8.42 Å². The fourth-order valence-corrected chi connectivity index (χ4v) is 5.39. The molecule has 0 fully saturated rings. The number of nitrogen functional groups attached to an aromatic ring is 1. The van der Waals surface area contributed by atoms with Crippen molar-refractivity contribution in [3.8, 4) is 17.2 Å². The van der Waals surface area contributed by atoms with Crippen molar-refractivity contribution in [2.24, 2.45) is 4.99 Å². The van der Waals surface area contributed by atoms with E-state index in [9.17, 15) is 23.7 Å². The number of aliphatic imine (C=N–C) groups is 1. The van der Waals surface area contributed by atoms with Gasteiger partial charge in [0.05, 0.1) is 27.8 Å². The number of hydrogen-bond acceptors (Lipinski definition) is 9. The molecule has 9 nitrogen and oxygen atoms in total. The number of rotatable bonds is 5. The maximum absolute atomic E-state index is 12.8. The molecule has 0 saturated carbocycles. The average Bonchev–Trinajstić information content (AvgIpc) is 3.31. The number of aryl methyl sites for hydroxylation is 1. The highest BCUT2D eigenvalue weighted by molar-refractivity contribution is 7.91. The molecule has 5 N–H and O–H groups in total. The van der Waals surface area contributed by atoms with Crippen LogP contribution in [0.3, 0.4) is 0 Å². The van der Waals surface area contributed by atoms with Crippen LogP contribution < -0.4 is 5.73 Å². The Hall–Kier alpha value is -4.41. The van der Waals surface area contributed by atoms with Crippen LogP contribution >= 0.6 is 0 Å². The molecule has 2 heterocycles. The van der Waals surface area contributed by atoms with E-state index in [1.54, 1.807) is 25.3 Å². The molecule has 5 rings (SSSR count). The summed E-state index contributed by atoms with van der Waals surface area (Å²) in [7, 11) is -3.71. The van der Waals surface area contributed by atoms with Crippen LogP contribution in [0.4, 0.5) is 11.4 Å². The van der Waals surface area contributed by atoms with Gasteiger partial charge in [-0.1, -0.05) is 0 Å². The van der Waals surface area contributed by atoms with Crippen LogP contribution in [0.5, 0.6) is 17.2 Å². The second kappa shape index (κ2) is 9.23. The van der Waals surface area contributed by atoms with Crippen LogP contribution in [-0.4, -0.2) is 34.9 Å². The lowest BCUT2D eigenvalue weighted by atomic mass is 9.96. The van der Waals surface area contributed by atoms with Gasteiger partial charge in [0.1, 0.15) is 23.4 Å². The Balaban J connectivity index is 1.43. The molecule has 4 aromatic rings. The van der Waals surface area contributed by atoms with Crippen LogP contribution in [-0.2, 0) is 21.2 Å². The summed E-state index contributed by atoms with van der Waals surface area (Å²) in [4.78, 5) is 8.72. The number of nitrogens with zero attached hydrogens (tertiary/aromatic N) is 2. The standard InChI is InChI=1S/C27H23N3O6S/c1-15-26(33)25-17(13-29-15)14-36-27(25)22-10-16(23(31)11-24(22)32)12-30-19-4-8-21(9-5-19)37(34,35)20-6-2-18(28)3-7-20/h2-13,27,31-33H,14,28H2,1H3. The van der Waals surface area contributed by atoms with Gasteiger partial charge in [0.2, 0.25) is 9.84 Å². The van der Waals surface area contributed by atoms with E-state index < -0.39 is 15.9 Å². The third-order valence-corrected chi connectivity index (χ3v) is 7.96. The summed E-state index contributed by atoms with van der Waals surface area (Å²) >= 11 is 0. The second-order valence-electron chi connectivity index (χ2n) is 8.62. The van der Waals surface area contributed by atoms with E-state index in [0.29, 0.717) is 39.3 Å². The van der Waals surface area contributed by atoms with Gasteiger partial charge < -0.3 is 25.8 Å². The van der Waals surface area contributed by atoms with E-state index in [-0.39, 0.29) is 33.6 Å². The monoisotopic (exact) mass is 517 g/mol. The highest BCUT2D eigenvalue weighted by Crippen LogP contribution is 2.45. The number of ether oxygens (including phenoxy) is 1. The van der Waals surface area contributed by atoms with E-state index in [4.69, 9.17) is 10.5 Å². The van der Waals surface area contributed by atoms with E-state index in [1.165, 1.54) is 54.7 Å². The Morgan fingerprint density at radius 2 is 1.65 bits per heavy atom. The molecular weight excluding hydrogens is 494 g/mol. The van der Waals surface area contributed by atoms with Gasteiger partial charge in [0, 0.05) is 46.4 Å². The van der Waals surface area contributed by atoms with Gasteiger partial charge in [0.25, 0.3) is 0 Å². The molecule has 0 saturated heterocycles. The van der Waals surface area contributed by atoms with E-state index >= 15 is 0 Å². The SMILES string of the molecule is Cc1ncc2c(c1O)C(c1cc(C=Nc3ccc(S(=O)(=O)c4ccc(N)cc4)cc3)c(O)cc1O)OC2. The number of phenolic OH excluding ortho intramolecular Hbond substituents is 2. The zero-order chi connectivity index (χ0) is 26.3. The van der Waals surface area contributed by atoms with Crippen LogP contribution in [0, 0.1) is 6.92 Å². The minimum atomic E-state index is -3.71. The minimum Gasteiger partial charge on any atom is -0.507 e. The van der Waals surface area contributed by atoms with Crippen molar-refractivity contribution >= 4 is 27.4 Å². The predicted octanol–water partition coefficient (Wildman–Crippen LogP) is 4.29. The topological polar surface area (TPSA) is 155 Å². The molecule has 0 amide bonds. The van der Waals surface area contributed by atoms with Gasteiger partial charge >= 0.3 is 0 Å². The largest absolute Gasteiger partial charge is 0.507 e. The van der Waals surface area contributed by atoms with Gasteiger partial charge in [-0.3, -0.25) is 9.98 Å². The number of benzene rings is 3. The first-order valence-corrected chi connectivity index (χ1v) is 12.7. The lowest BCUT2D eigenvalue weighted by molar-refractivity contribution is 0.0910. The van der Waals surface area contributed by atoms with E-state index in [1.807, 2.05) is 0 Å². The zero-order valence-corrected chi connectivity index (χ0v) is 20.5. The van der Waals surface area contributed by atoms with Crippen molar-refractivity contribution in [2.45, 2.75) is 29.4 Å². The molecule has 0 aliphatic carbocycles. The number of sulfone groups is 1. The molecule has 1 aromatic heterocycles. The summed E-state index contributed by atoms with van der Waals surface area (Å²) < 4.78 is 31.5. The number of fused-ring (bicyclic) bond motifs is 1. The van der Waals surface area contributed by atoms with Crippen molar-refractivity contribution in [3.05, 3.63) is 94.8 Å². The molecule has 0 spiro atoms. The average molecular weight is 518 g/mol. The van der Waals surface area contributed by atoms with Crippen LogP contribution in [0.15, 0.2) is 81.6 Å². The summed E-state index contributed by atoms with van der Waals surface area (Å²) in [5.41, 5.74) is 8.89. The number of aromatic hydroxyl groups is 3. The van der Waals surface area contributed by atoms with Crippen molar-refractivity contribution in [2.75, 3.05) is 5.73 Å². The maximum atomic E-state index is 12.8. The Kier molecular flexibility index (Phi) is 6.06. The number of nitrogens with two attached hydrogens (primary N) is 1. The normalized spacial score (nSPS) is 15.2. The Bertz CT molecular complexity index is 1630. The maximum Gasteiger partial charge on any atom is 0.206 e. The molecule has 0 bridgehead atoms.